The summed E-state index contributed by atoms with van der Waals surface area (Å²) in [6, 6.07) is 9.71. The Bertz CT molecular complexity index is 938. The molecule has 1 N–H and O–H groups in total. The van der Waals surface area contributed by atoms with Crippen LogP contribution < -0.4 is 5.32 Å². The van der Waals surface area contributed by atoms with Gasteiger partial charge < -0.3 is 19.5 Å². The average molecular weight is 450 g/mol. The summed E-state index contributed by atoms with van der Waals surface area (Å²) in [5.41, 5.74) is 2.68. The summed E-state index contributed by atoms with van der Waals surface area (Å²) in [7, 11) is -3.43. The normalized spacial score (nSPS) is 15.9. The van der Waals surface area contributed by atoms with E-state index in [2.05, 4.69) is 27.5 Å². The molecule has 2 aromatic rings. The van der Waals surface area contributed by atoms with Crippen LogP contribution in [0.15, 0.2) is 46.1 Å². The highest BCUT2D eigenvalue weighted by Gasteiger charge is 2.29. The van der Waals surface area contributed by atoms with E-state index in [1.54, 1.807) is 6.07 Å². The van der Waals surface area contributed by atoms with Gasteiger partial charge in [-0.1, -0.05) is 29.4 Å². The summed E-state index contributed by atoms with van der Waals surface area (Å²) in [6.07, 6.45) is 1.38. The van der Waals surface area contributed by atoms with Crippen LogP contribution in [-0.2, 0) is 33.7 Å². The molecule has 0 bridgehead atoms. The highest BCUT2D eigenvalue weighted by atomic mass is 32.2. The summed E-state index contributed by atoms with van der Waals surface area (Å²) in [6.45, 7) is 8.49. The zero-order valence-corrected chi connectivity index (χ0v) is 19.0. The predicted molar refractivity (Wildman–Crippen MR) is 119 cm³/mol. The molecule has 0 saturated carbocycles. The van der Waals surface area contributed by atoms with Crippen molar-refractivity contribution in [3.05, 3.63) is 53.4 Å². The van der Waals surface area contributed by atoms with Crippen molar-refractivity contribution < 1.29 is 17.7 Å². The predicted octanol–water partition coefficient (Wildman–Crippen LogP) is 1.82. The van der Waals surface area contributed by atoms with Gasteiger partial charge in [0.15, 0.2) is 5.96 Å². The van der Waals surface area contributed by atoms with Gasteiger partial charge in [0, 0.05) is 45.4 Å². The zero-order valence-electron chi connectivity index (χ0n) is 18.2. The van der Waals surface area contributed by atoms with E-state index in [1.165, 1.54) is 10.6 Å². The number of aromatic nitrogens is 1. The van der Waals surface area contributed by atoms with Gasteiger partial charge in [0.1, 0.15) is 12.0 Å². The van der Waals surface area contributed by atoms with Gasteiger partial charge in [0.05, 0.1) is 18.8 Å². The monoisotopic (exact) mass is 449 g/mol. The zero-order chi connectivity index (χ0) is 22.1. The van der Waals surface area contributed by atoms with Crippen LogP contribution in [0.2, 0.25) is 0 Å². The molecule has 0 amide bonds. The minimum atomic E-state index is -3.43. The van der Waals surface area contributed by atoms with Gasteiger partial charge in [-0.3, -0.25) is 0 Å². The molecule has 1 aliphatic rings. The number of nitrogens with zero attached hydrogens (tertiary/aromatic N) is 4. The van der Waals surface area contributed by atoms with E-state index in [1.807, 2.05) is 26.0 Å². The number of guanidine groups is 1. The van der Waals surface area contributed by atoms with Gasteiger partial charge in [0.2, 0.25) is 10.0 Å². The first-order chi connectivity index (χ1) is 15.0. The third-order valence-electron chi connectivity index (χ3n) is 5.07. The lowest BCUT2D eigenvalue weighted by atomic mass is 10.1. The van der Waals surface area contributed by atoms with Crippen molar-refractivity contribution in [2.45, 2.75) is 32.8 Å². The molecular formula is C21H31N5O4S. The molecule has 0 aliphatic carbocycles. The maximum Gasteiger partial charge on any atom is 0.220 e. The van der Waals surface area contributed by atoms with E-state index in [0.29, 0.717) is 51.6 Å². The fraction of sp³-hybridized carbons (Fsp3) is 0.524. The largest absolute Gasteiger partial charge is 0.377 e. The van der Waals surface area contributed by atoms with Gasteiger partial charge in [-0.05, 0) is 25.0 Å². The molecule has 9 nitrogen and oxygen atoms in total. The highest BCUT2D eigenvalue weighted by Crippen LogP contribution is 2.15. The van der Waals surface area contributed by atoms with Crippen LogP contribution in [0, 0.1) is 0 Å². The molecule has 3 rings (SSSR count). The lowest BCUT2D eigenvalue weighted by Crippen LogP contribution is -2.53. The van der Waals surface area contributed by atoms with Gasteiger partial charge in [0.25, 0.3) is 0 Å². The SMILES string of the molecule is CCNC(=NCc1ccccc1COCC)N1CCN(S(=O)(=O)Cc2ccon2)CC1. The van der Waals surface area contributed by atoms with E-state index in [4.69, 9.17) is 14.3 Å². The summed E-state index contributed by atoms with van der Waals surface area (Å²) in [5.74, 6) is 0.649. The third kappa shape index (κ3) is 6.52. The number of rotatable bonds is 9. The van der Waals surface area contributed by atoms with Crippen molar-refractivity contribution in [2.75, 3.05) is 39.3 Å². The first-order valence-electron chi connectivity index (χ1n) is 10.6. The summed E-state index contributed by atoms with van der Waals surface area (Å²) in [4.78, 5) is 6.92. The molecule has 31 heavy (non-hydrogen) atoms. The van der Waals surface area contributed by atoms with Crippen LogP contribution in [0.25, 0.3) is 0 Å². The lowest BCUT2D eigenvalue weighted by Gasteiger charge is -2.35. The molecule has 10 heteroatoms. The van der Waals surface area contributed by atoms with Crippen molar-refractivity contribution in [3.63, 3.8) is 0 Å². The molecule has 170 valence electrons. The van der Waals surface area contributed by atoms with E-state index < -0.39 is 10.0 Å². The van der Waals surface area contributed by atoms with Crippen LogP contribution in [0.5, 0.6) is 0 Å². The Balaban J connectivity index is 1.63. The standard InChI is InChI=1S/C21H31N5O4S/c1-3-22-21(23-15-18-7-5-6-8-19(18)16-29-4-2)25-10-12-26(13-11-25)31(27,28)17-20-9-14-30-24-20/h5-9,14H,3-4,10-13,15-17H2,1-2H3,(H,22,23). The average Bonchev–Trinajstić information content (AvgIpc) is 3.28. The number of ether oxygens (including phenoxy) is 1. The van der Waals surface area contributed by atoms with Crippen LogP contribution in [0.4, 0.5) is 0 Å². The molecule has 1 fully saturated rings. The Morgan fingerprint density at radius 3 is 2.55 bits per heavy atom. The number of benzene rings is 1. The molecular weight excluding hydrogens is 418 g/mol. The van der Waals surface area contributed by atoms with Crippen molar-refractivity contribution >= 4 is 16.0 Å². The fourth-order valence-electron chi connectivity index (χ4n) is 3.42. The molecule has 2 heterocycles. The Labute approximate surface area is 184 Å². The van der Waals surface area contributed by atoms with Gasteiger partial charge >= 0.3 is 0 Å². The van der Waals surface area contributed by atoms with Crippen molar-refractivity contribution in [1.29, 1.82) is 0 Å². The number of hydrogen-bond acceptors (Lipinski definition) is 6. The number of hydrogen-bond donors (Lipinski definition) is 1. The van der Waals surface area contributed by atoms with Crippen molar-refractivity contribution in [3.8, 4) is 0 Å². The van der Waals surface area contributed by atoms with Crippen molar-refractivity contribution in [1.82, 2.24) is 19.7 Å². The second kappa shape index (κ2) is 11.3. The molecule has 1 saturated heterocycles. The second-order valence-corrected chi connectivity index (χ2v) is 9.18. The molecule has 1 aliphatic heterocycles. The topological polar surface area (TPSA) is 100 Å². The quantitative estimate of drug-likeness (QED) is 0.460. The number of sulfonamides is 1. The van der Waals surface area contributed by atoms with Crippen molar-refractivity contribution in [2.24, 2.45) is 4.99 Å². The molecule has 0 atom stereocenters. The Morgan fingerprint density at radius 1 is 1.16 bits per heavy atom. The van der Waals surface area contributed by atoms with Crippen LogP contribution in [0.1, 0.15) is 30.7 Å². The molecule has 0 spiro atoms. The van der Waals surface area contributed by atoms with Gasteiger partial charge in [-0.25, -0.2) is 13.4 Å². The number of nitrogens with one attached hydrogen (secondary N) is 1. The summed E-state index contributed by atoms with van der Waals surface area (Å²) >= 11 is 0. The Kier molecular flexibility index (Phi) is 8.44. The van der Waals surface area contributed by atoms with Gasteiger partial charge in [-0.15, -0.1) is 0 Å². The van der Waals surface area contributed by atoms with Crippen LogP contribution >= 0.6 is 0 Å². The highest BCUT2D eigenvalue weighted by molar-refractivity contribution is 7.88. The van der Waals surface area contributed by atoms with Crippen LogP contribution in [-0.4, -0.2) is 68.1 Å². The van der Waals surface area contributed by atoms with Gasteiger partial charge in [-0.2, -0.15) is 4.31 Å². The smallest absolute Gasteiger partial charge is 0.220 e. The molecule has 1 aromatic carbocycles. The van der Waals surface area contributed by atoms with Crippen LogP contribution in [0.3, 0.4) is 0 Å². The molecule has 0 radical (unpaired) electrons. The van der Waals surface area contributed by atoms with E-state index >= 15 is 0 Å². The second-order valence-electron chi connectivity index (χ2n) is 7.21. The Hall–Kier alpha value is -2.43. The van der Waals surface area contributed by atoms with E-state index in [-0.39, 0.29) is 5.75 Å². The lowest BCUT2D eigenvalue weighted by molar-refractivity contribution is 0.133. The first kappa shape index (κ1) is 23.2. The minimum Gasteiger partial charge on any atom is -0.377 e. The summed E-state index contributed by atoms with van der Waals surface area (Å²) < 4.78 is 37.1. The summed E-state index contributed by atoms with van der Waals surface area (Å²) in [5, 5.41) is 7.04. The number of piperazine rings is 1. The maximum absolute atomic E-state index is 12.7. The maximum atomic E-state index is 12.7. The minimum absolute atomic E-state index is 0.145. The van der Waals surface area contributed by atoms with E-state index in [9.17, 15) is 8.42 Å². The number of aliphatic imine (C=N–C) groups is 1. The molecule has 0 unspecified atom stereocenters. The Morgan fingerprint density at radius 2 is 1.90 bits per heavy atom. The fourth-order valence-corrected chi connectivity index (χ4v) is 4.84. The first-order valence-corrected chi connectivity index (χ1v) is 12.2. The third-order valence-corrected chi connectivity index (χ3v) is 6.88. The van der Waals surface area contributed by atoms with E-state index in [0.717, 1.165) is 23.6 Å². The molecule has 1 aromatic heterocycles.